The minimum absolute atomic E-state index is 0.00714. The summed E-state index contributed by atoms with van der Waals surface area (Å²) in [6, 6.07) is 6.23. The maximum atomic E-state index is 6.35. The molecule has 0 amide bonds. The van der Waals surface area contributed by atoms with Crippen LogP contribution in [-0.2, 0) is 0 Å². The number of hydrogen-bond acceptors (Lipinski definition) is 5. The molecule has 0 bridgehead atoms. The summed E-state index contributed by atoms with van der Waals surface area (Å²) >= 11 is 12.4. The summed E-state index contributed by atoms with van der Waals surface area (Å²) in [4.78, 5) is 14.2. The van der Waals surface area contributed by atoms with Gasteiger partial charge in [0.25, 0.3) is 0 Å². The number of halogens is 2. The fraction of sp³-hybridized carbons (Fsp3) is 0.565. The molecule has 30 heavy (non-hydrogen) atoms. The maximum absolute atomic E-state index is 6.35. The van der Waals surface area contributed by atoms with E-state index in [2.05, 4.69) is 40.9 Å². The van der Waals surface area contributed by atoms with Gasteiger partial charge in [-0.2, -0.15) is 0 Å². The van der Waals surface area contributed by atoms with E-state index < -0.39 is 0 Å². The molecule has 1 aromatic heterocycles. The van der Waals surface area contributed by atoms with Crippen molar-refractivity contribution in [3.8, 4) is 0 Å². The van der Waals surface area contributed by atoms with Gasteiger partial charge in [0, 0.05) is 35.7 Å². The van der Waals surface area contributed by atoms with E-state index in [0.717, 1.165) is 42.1 Å². The number of hydrogen-bond donors (Lipinski definition) is 1. The molecule has 4 rings (SSSR count). The predicted molar refractivity (Wildman–Crippen MR) is 126 cm³/mol. The zero-order valence-electron chi connectivity index (χ0n) is 18.0. The van der Waals surface area contributed by atoms with E-state index >= 15 is 0 Å². The molecule has 5 nitrogen and oxygen atoms in total. The van der Waals surface area contributed by atoms with Crippen molar-refractivity contribution in [3.05, 3.63) is 46.2 Å². The van der Waals surface area contributed by atoms with Crippen molar-refractivity contribution in [2.24, 2.45) is 11.8 Å². The molecule has 2 aromatic rings. The van der Waals surface area contributed by atoms with Crippen molar-refractivity contribution in [1.29, 1.82) is 0 Å². The standard InChI is InChI=1S/C23H31Cl2N5/c1-15(2)29-8-4-5-17(12-29)18-13-30(14-18)23-11-26-10-22(28-23)27-16(3)20-7-6-19(24)9-21(20)25/h6-7,9-11,15-18H,4-5,8,12-14H2,1-3H3,(H,27,28)/t16-,17-/m1/s1. The van der Waals surface area contributed by atoms with Crippen LogP contribution in [0.25, 0.3) is 0 Å². The molecule has 2 aliphatic rings. The maximum Gasteiger partial charge on any atom is 0.149 e. The number of benzene rings is 1. The summed E-state index contributed by atoms with van der Waals surface area (Å²) < 4.78 is 0. The lowest BCUT2D eigenvalue weighted by molar-refractivity contribution is 0.0963. The second kappa shape index (κ2) is 9.29. The van der Waals surface area contributed by atoms with E-state index in [4.69, 9.17) is 28.2 Å². The zero-order chi connectivity index (χ0) is 21.3. The number of rotatable bonds is 6. The van der Waals surface area contributed by atoms with Gasteiger partial charge < -0.3 is 15.1 Å². The highest BCUT2D eigenvalue weighted by molar-refractivity contribution is 6.35. The summed E-state index contributed by atoms with van der Waals surface area (Å²) in [6.45, 7) is 11.3. The SMILES string of the molecule is CC(C)N1CCC[C@@H](C2CN(c3cncc(N[C@H](C)c4ccc(Cl)cc4Cl)n3)C2)C1. The fourth-order valence-corrected chi connectivity index (χ4v) is 5.19. The number of likely N-dealkylation sites (tertiary alicyclic amines) is 1. The van der Waals surface area contributed by atoms with Gasteiger partial charge in [0.1, 0.15) is 11.6 Å². The van der Waals surface area contributed by atoms with E-state index in [1.807, 2.05) is 18.3 Å². The molecule has 7 heteroatoms. The molecule has 3 heterocycles. The van der Waals surface area contributed by atoms with Gasteiger partial charge in [0.15, 0.2) is 0 Å². The third-order valence-electron chi connectivity index (χ3n) is 6.54. The van der Waals surface area contributed by atoms with Crippen LogP contribution >= 0.6 is 23.2 Å². The van der Waals surface area contributed by atoms with Crippen molar-refractivity contribution in [2.75, 3.05) is 36.4 Å². The zero-order valence-corrected chi connectivity index (χ0v) is 19.5. The van der Waals surface area contributed by atoms with Crippen molar-refractivity contribution in [2.45, 2.75) is 45.7 Å². The molecule has 162 valence electrons. The topological polar surface area (TPSA) is 44.3 Å². The van der Waals surface area contributed by atoms with E-state index in [-0.39, 0.29) is 6.04 Å². The highest BCUT2D eigenvalue weighted by Gasteiger charge is 2.36. The summed E-state index contributed by atoms with van der Waals surface area (Å²) in [5.74, 6) is 3.27. The molecule has 1 N–H and O–H groups in total. The molecular weight excluding hydrogens is 417 g/mol. The van der Waals surface area contributed by atoms with E-state index in [0.29, 0.717) is 16.1 Å². The van der Waals surface area contributed by atoms with Crippen LogP contribution in [0.15, 0.2) is 30.6 Å². The van der Waals surface area contributed by atoms with Crippen LogP contribution in [0.4, 0.5) is 11.6 Å². The molecule has 1 aromatic carbocycles. The van der Waals surface area contributed by atoms with Crippen LogP contribution < -0.4 is 10.2 Å². The Balaban J connectivity index is 1.35. The number of nitrogens with zero attached hydrogens (tertiary/aromatic N) is 4. The van der Waals surface area contributed by atoms with E-state index in [1.165, 1.54) is 25.9 Å². The van der Waals surface area contributed by atoms with Crippen LogP contribution in [-0.4, -0.2) is 47.1 Å². The second-order valence-corrected chi connectivity index (χ2v) is 9.79. The number of piperidine rings is 1. The summed E-state index contributed by atoms with van der Waals surface area (Å²) in [7, 11) is 0. The largest absolute Gasteiger partial charge is 0.362 e. The number of anilines is 2. The van der Waals surface area contributed by atoms with E-state index in [1.54, 1.807) is 12.3 Å². The van der Waals surface area contributed by atoms with Gasteiger partial charge >= 0.3 is 0 Å². The first-order valence-electron chi connectivity index (χ1n) is 10.9. The van der Waals surface area contributed by atoms with Gasteiger partial charge in [-0.25, -0.2) is 4.98 Å². The molecule has 0 aliphatic carbocycles. The first-order chi connectivity index (χ1) is 14.4. The normalized spacial score (nSPS) is 21.5. The molecule has 2 atom stereocenters. The van der Waals surface area contributed by atoms with Crippen LogP contribution in [0.2, 0.25) is 10.0 Å². The van der Waals surface area contributed by atoms with Gasteiger partial charge in [-0.1, -0.05) is 29.3 Å². The van der Waals surface area contributed by atoms with E-state index in [9.17, 15) is 0 Å². The van der Waals surface area contributed by atoms with Crippen LogP contribution in [0.5, 0.6) is 0 Å². The Morgan fingerprint density at radius 2 is 1.87 bits per heavy atom. The molecule has 0 spiro atoms. The number of nitrogens with one attached hydrogen (secondary N) is 1. The third kappa shape index (κ3) is 4.84. The lowest BCUT2D eigenvalue weighted by Gasteiger charge is -2.47. The Kier molecular flexibility index (Phi) is 6.71. The first kappa shape index (κ1) is 21.7. The highest BCUT2D eigenvalue weighted by atomic mass is 35.5. The monoisotopic (exact) mass is 447 g/mol. The van der Waals surface area contributed by atoms with Gasteiger partial charge in [-0.3, -0.25) is 4.98 Å². The van der Waals surface area contributed by atoms with Gasteiger partial charge in [-0.15, -0.1) is 0 Å². The average molecular weight is 448 g/mol. The molecule has 2 fully saturated rings. The van der Waals surface area contributed by atoms with Crippen LogP contribution in [0.1, 0.15) is 45.2 Å². The van der Waals surface area contributed by atoms with Crippen molar-refractivity contribution < 1.29 is 0 Å². The minimum atomic E-state index is 0.00714. The molecule has 2 saturated heterocycles. The quantitative estimate of drug-likeness (QED) is 0.631. The van der Waals surface area contributed by atoms with Gasteiger partial charge in [-0.05, 0) is 69.7 Å². The third-order valence-corrected chi connectivity index (χ3v) is 7.10. The molecule has 0 saturated carbocycles. The van der Waals surface area contributed by atoms with Gasteiger partial charge in [0.05, 0.1) is 18.4 Å². The Morgan fingerprint density at radius 3 is 2.60 bits per heavy atom. The lowest BCUT2D eigenvalue weighted by atomic mass is 9.80. The van der Waals surface area contributed by atoms with Crippen LogP contribution in [0, 0.1) is 11.8 Å². The summed E-state index contributed by atoms with van der Waals surface area (Å²) in [6.07, 6.45) is 6.31. The van der Waals surface area contributed by atoms with Crippen molar-refractivity contribution >= 4 is 34.8 Å². The summed E-state index contributed by atoms with van der Waals surface area (Å²) in [5.41, 5.74) is 0.990. The fourth-order valence-electron chi connectivity index (χ4n) is 4.62. The Hall–Kier alpha value is -1.56. The van der Waals surface area contributed by atoms with Gasteiger partial charge in [0.2, 0.25) is 0 Å². The molecule has 0 radical (unpaired) electrons. The Bertz CT molecular complexity index is 868. The predicted octanol–water partition coefficient (Wildman–Crippen LogP) is 5.51. The Labute approximate surface area is 189 Å². The van der Waals surface area contributed by atoms with Crippen molar-refractivity contribution in [3.63, 3.8) is 0 Å². The Morgan fingerprint density at radius 1 is 1.07 bits per heavy atom. The first-order valence-corrected chi connectivity index (χ1v) is 11.7. The minimum Gasteiger partial charge on any atom is -0.362 e. The summed E-state index contributed by atoms with van der Waals surface area (Å²) in [5, 5.41) is 4.71. The van der Waals surface area contributed by atoms with Crippen LogP contribution in [0.3, 0.4) is 0 Å². The second-order valence-electron chi connectivity index (χ2n) is 8.95. The molecule has 0 unspecified atom stereocenters. The average Bonchev–Trinajstić information content (AvgIpc) is 2.67. The lowest BCUT2D eigenvalue weighted by Crippen LogP contribution is -2.54. The highest BCUT2D eigenvalue weighted by Crippen LogP contribution is 2.34. The molecular formula is C23H31Cl2N5. The molecule has 2 aliphatic heterocycles. The van der Waals surface area contributed by atoms with Crippen molar-refractivity contribution in [1.82, 2.24) is 14.9 Å². The number of aromatic nitrogens is 2. The smallest absolute Gasteiger partial charge is 0.149 e.